The first-order chi connectivity index (χ1) is 6.20. The molecule has 1 aliphatic rings. The second-order valence-corrected chi connectivity index (χ2v) is 4.10. The van der Waals surface area contributed by atoms with Crippen LogP contribution < -0.4 is 0 Å². The standard InChI is InChI=1S/C11H20.C2H6.W/c1-4-10-6-8-11(3,5-2)9-7-10;1-2;/h10H,2-9H2,1H3;1-2H3;/q-2;;+2. The zero-order valence-electron chi connectivity index (χ0n) is 10.1. The molecule has 14 heavy (non-hydrogen) atoms. The van der Waals surface area contributed by atoms with Gasteiger partial charge in [0.25, 0.3) is 0 Å². The second kappa shape index (κ2) is 8.95. The van der Waals surface area contributed by atoms with Crippen LogP contribution >= 0.6 is 0 Å². The van der Waals surface area contributed by atoms with E-state index in [1.54, 1.807) is 0 Å². The van der Waals surface area contributed by atoms with Gasteiger partial charge in [-0.2, -0.15) is 5.41 Å². The average Bonchev–Trinajstić information content (AvgIpc) is 2.22. The van der Waals surface area contributed by atoms with Crippen LogP contribution in [-0.2, 0) is 21.1 Å². The van der Waals surface area contributed by atoms with Crippen LogP contribution in [0.1, 0.15) is 59.3 Å². The van der Waals surface area contributed by atoms with Gasteiger partial charge in [0.2, 0.25) is 0 Å². The molecule has 0 nitrogen and oxygen atoms in total. The molecule has 0 aromatic heterocycles. The number of hydrogen-bond acceptors (Lipinski definition) is 0. The van der Waals surface area contributed by atoms with Crippen molar-refractivity contribution < 1.29 is 21.1 Å². The Bertz CT molecular complexity index is 112. The van der Waals surface area contributed by atoms with Crippen molar-refractivity contribution in [1.82, 2.24) is 0 Å². The zero-order valence-corrected chi connectivity index (χ0v) is 13.1. The molecule has 0 amide bonds. The summed E-state index contributed by atoms with van der Waals surface area (Å²) >= 11 is 0. The molecule has 0 spiro atoms. The van der Waals surface area contributed by atoms with Crippen LogP contribution in [0.25, 0.3) is 0 Å². The summed E-state index contributed by atoms with van der Waals surface area (Å²) in [6, 6.07) is 0. The van der Waals surface area contributed by atoms with Crippen molar-refractivity contribution in [3.63, 3.8) is 0 Å². The third-order valence-corrected chi connectivity index (χ3v) is 3.27. The van der Waals surface area contributed by atoms with E-state index in [1.165, 1.54) is 32.1 Å². The van der Waals surface area contributed by atoms with Gasteiger partial charge in [-0.3, -0.25) is 0 Å². The predicted octanol–water partition coefficient (Wildman–Crippen LogP) is 4.65. The fourth-order valence-electron chi connectivity index (χ4n) is 1.95. The van der Waals surface area contributed by atoms with E-state index in [9.17, 15) is 0 Å². The summed E-state index contributed by atoms with van der Waals surface area (Å²) in [4.78, 5) is 0. The topological polar surface area (TPSA) is 0 Å². The van der Waals surface area contributed by atoms with Gasteiger partial charge in [-0.15, -0.1) is 0 Å². The van der Waals surface area contributed by atoms with Gasteiger partial charge >= 0.3 is 21.1 Å². The normalized spacial score (nSPS) is 31.1. The largest absolute Gasteiger partial charge is 2.00 e. The van der Waals surface area contributed by atoms with Crippen molar-refractivity contribution in [2.24, 2.45) is 11.3 Å². The van der Waals surface area contributed by atoms with Gasteiger partial charge in [-0.25, -0.2) is 6.42 Å². The van der Waals surface area contributed by atoms with Crippen molar-refractivity contribution in [3.8, 4) is 0 Å². The fraction of sp³-hybridized carbons (Fsp3) is 0.846. The maximum Gasteiger partial charge on any atom is 2.00 e. The molecular formula is C13H26W. The minimum atomic E-state index is 0. The monoisotopic (exact) mass is 366 g/mol. The molecule has 0 aromatic rings. The Hall–Kier alpha value is 0.688. The van der Waals surface area contributed by atoms with Gasteiger partial charge in [0.15, 0.2) is 0 Å². The first kappa shape index (κ1) is 17.1. The van der Waals surface area contributed by atoms with Gasteiger partial charge in [0.1, 0.15) is 0 Å². The first-order valence-electron chi connectivity index (χ1n) is 5.85. The Morgan fingerprint density at radius 2 is 1.64 bits per heavy atom. The molecule has 0 N–H and O–H groups in total. The Morgan fingerprint density at radius 3 is 1.93 bits per heavy atom. The van der Waals surface area contributed by atoms with Crippen LogP contribution in [-0.4, -0.2) is 0 Å². The Balaban J connectivity index is 0. The summed E-state index contributed by atoms with van der Waals surface area (Å²) in [5, 5.41) is 0. The SMILES string of the molecule is CC.[CH2-]CC1([CH2-])CCC(CC)CC1.[W+2]. The van der Waals surface area contributed by atoms with Crippen LogP contribution in [0.2, 0.25) is 0 Å². The van der Waals surface area contributed by atoms with E-state index in [4.69, 9.17) is 0 Å². The molecule has 0 atom stereocenters. The van der Waals surface area contributed by atoms with Crippen molar-refractivity contribution in [3.05, 3.63) is 13.8 Å². The maximum absolute atomic E-state index is 4.25. The van der Waals surface area contributed by atoms with Crippen molar-refractivity contribution in [1.29, 1.82) is 0 Å². The third-order valence-electron chi connectivity index (χ3n) is 3.27. The van der Waals surface area contributed by atoms with Crippen molar-refractivity contribution in [2.75, 3.05) is 0 Å². The van der Waals surface area contributed by atoms with Crippen molar-refractivity contribution in [2.45, 2.75) is 59.3 Å². The summed E-state index contributed by atoms with van der Waals surface area (Å²) in [6.45, 7) is 14.5. The van der Waals surface area contributed by atoms with Gasteiger partial charge in [-0.05, 0) is 5.92 Å². The molecule has 1 fully saturated rings. The van der Waals surface area contributed by atoms with E-state index in [-0.39, 0.29) is 21.1 Å². The number of hydrogen-bond donors (Lipinski definition) is 0. The Morgan fingerprint density at radius 1 is 1.21 bits per heavy atom. The Kier molecular flexibility index (Phi) is 10.9. The molecule has 0 aliphatic heterocycles. The Labute approximate surface area is 106 Å². The minimum absolute atomic E-state index is 0. The summed E-state index contributed by atoms with van der Waals surface area (Å²) in [7, 11) is 0. The third kappa shape index (κ3) is 5.54. The molecule has 1 heteroatoms. The minimum Gasteiger partial charge on any atom is -0.345 e. The van der Waals surface area contributed by atoms with E-state index in [0.717, 1.165) is 12.3 Å². The van der Waals surface area contributed by atoms with Crippen LogP contribution in [0.4, 0.5) is 0 Å². The van der Waals surface area contributed by atoms with E-state index in [1.807, 2.05) is 13.8 Å². The van der Waals surface area contributed by atoms with E-state index in [2.05, 4.69) is 20.8 Å². The molecule has 0 unspecified atom stereocenters. The van der Waals surface area contributed by atoms with Crippen LogP contribution in [0.3, 0.4) is 0 Å². The van der Waals surface area contributed by atoms with Gasteiger partial charge in [0, 0.05) is 0 Å². The molecule has 1 rings (SSSR count). The van der Waals surface area contributed by atoms with Crippen molar-refractivity contribution >= 4 is 0 Å². The molecule has 0 saturated heterocycles. The smallest absolute Gasteiger partial charge is 0.345 e. The summed E-state index contributed by atoms with van der Waals surface area (Å²) < 4.78 is 0. The average molecular weight is 366 g/mol. The number of rotatable bonds is 2. The molecule has 1 aliphatic carbocycles. The summed E-state index contributed by atoms with van der Waals surface area (Å²) in [6.07, 6.45) is 7.74. The van der Waals surface area contributed by atoms with Gasteiger partial charge in [-0.1, -0.05) is 52.9 Å². The fourth-order valence-corrected chi connectivity index (χ4v) is 1.95. The molecule has 0 bridgehead atoms. The molecule has 0 heterocycles. The molecule has 1 saturated carbocycles. The van der Waals surface area contributed by atoms with E-state index >= 15 is 0 Å². The molecular weight excluding hydrogens is 340 g/mol. The predicted molar refractivity (Wildman–Crippen MR) is 61.4 cm³/mol. The maximum atomic E-state index is 4.25. The van der Waals surface area contributed by atoms with Gasteiger partial charge < -0.3 is 13.8 Å². The second-order valence-electron chi connectivity index (χ2n) is 4.10. The van der Waals surface area contributed by atoms with E-state index < -0.39 is 0 Å². The molecule has 0 aromatic carbocycles. The van der Waals surface area contributed by atoms with Crippen LogP contribution in [0, 0.1) is 25.2 Å². The molecule has 84 valence electrons. The van der Waals surface area contributed by atoms with Gasteiger partial charge in [0.05, 0.1) is 0 Å². The zero-order chi connectivity index (χ0) is 10.3. The summed E-state index contributed by atoms with van der Waals surface area (Å²) in [5.74, 6) is 0.983. The quantitative estimate of drug-likeness (QED) is 0.624. The van der Waals surface area contributed by atoms with Crippen LogP contribution in [0.5, 0.6) is 0 Å². The van der Waals surface area contributed by atoms with Crippen LogP contribution in [0.15, 0.2) is 0 Å². The summed E-state index contributed by atoms with van der Waals surface area (Å²) in [5.41, 5.74) is 0.339. The van der Waals surface area contributed by atoms with E-state index in [0.29, 0.717) is 5.41 Å². The first-order valence-corrected chi connectivity index (χ1v) is 5.85. The molecule has 0 radical (unpaired) electrons.